The lowest BCUT2D eigenvalue weighted by molar-refractivity contribution is -0.132. The Labute approximate surface area is 61.6 Å². The molecule has 0 aromatic carbocycles. The van der Waals surface area contributed by atoms with E-state index in [-0.39, 0.29) is 0 Å². The predicted molar refractivity (Wildman–Crippen MR) is 40.6 cm³/mol. The molecule has 0 spiro atoms. The Morgan fingerprint density at radius 1 is 1.70 bits per heavy atom. The number of aliphatic carboxylic acids is 1. The molecule has 0 saturated carbocycles. The molecule has 0 aliphatic carbocycles. The fraction of sp³-hybridized carbons (Fsp3) is 0.500. The maximum atomic E-state index is 10.2. The van der Waals surface area contributed by atoms with Gasteiger partial charge < -0.3 is 5.11 Å². The van der Waals surface area contributed by atoms with Crippen molar-refractivity contribution in [1.82, 2.24) is 0 Å². The number of allylic oxidation sites excluding steroid dienone is 1. The average molecular weight is 141 g/mol. The maximum absolute atomic E-state index is 10.2. The van der Waals surface area contributed by atoms with Gasteiger partial charge in [0.25, 0.3) is 0 Å². The molecule has 0 fully saturated rings. The summed E-state index contributed by atoms with van der Waals surface area (Å²) in [6.07, 6.45) is 4.38. The van der Waals surface area contributed by atoms with Crippen molar-refractivity contribution in [2.75, 3.05) is 0 Å². The maximum Gasteiger partial charge on any atom is 0.330 e. The molecule has 10 heavy (non-hydrogen) atoms. The minimum atomic E-state index is -0.830. The second-order valence-corrected chi connectivity index (χ2v) is 2.19. The zero-order valence-electron chi connectivity index (χ0n) is 6.26. The monoisotopic (exact) mass is 141 g/mol. The highest BCUT2D eigenvalue weighted by Crippen LogP contribution is 1.99. The van der Waals surface area contributed by atoms with Gasteiger partial charge in [-0.05, 0) is 19.8 Å². The largest absolute Gasteiger partial charge is 0.478 e. The number of unbranched alkanes of at least 4 members (excludes halogenated alkanes) is 2. The van der Waals surface area contributed by atoms with E-state index in [1.807, 2.05) is 0 Å². The molecule has 0 amide bonds. The van der Waals surface area contributed by atoms with Gasteiger partial charge in [-0.1, -0.05) is 19.4 Å². The van der Waals surface area contributed by atoms with Crippen LogP contribution in [0.5, 0.6) is 0 Å². The quantitative estimate of drug-likeness (QED) is 0.480. The summed E-state index contributed by atoms with van der Waals surface area (Å²) in [5, 5.41) is 8.40. The molecule has 0 saturated heterocycles. The van der Waals surface area contributed by atoms with E-state index in [2.05, 4.69) is 6.92 Å². The molecule has 0 aliphatic heterocycles. The van der Waals surface area contributed by atoms with E-state index < -0.39 is 5.97 Å². The lowest BCUT2D eigenvalue weighted by Crippen LogP contribution is -1.95. The second-order valence-electron chi connectivity index (χ2n) is 2.19. The van der Waals surface area contributed by atoms with Crippen LogP contribution in [-0.2, 0) is 4.79 Å². The van der Waals surface area contributed by atoms with Crippen LogP contribution in [0.4, 0.5) is 0 Å². The highest BCUT2D eigenvalue weighted by Gasteiger charge is 1.96. The van der Waals surface area contributed by atoms with Crippen LogP contribution in [0.1, 0.15) is 26.2 Å². The van der Waals surface area contributed by atoms with Crippen molar-refractivity contribution < 1.29 is 9.90 Å². The highest BCUT2D eigenvalue weighted by molar-refractivity contribution is 5.85. The standard InChI is InChI=1S/C8H13O2/c1-3-4-5-6-7(2)8(9)10/h6H,1,3-5H2,2H3,(H,9,10). The first-order valence-corrected chi connectivity index (χ1v) is 3.37. The lowest BCUT2D eigenvalue weighted by Gasteiger charge is -1.91. The van der Waals surface area contributed by atoms with Crippen molar-refractivity contribution in [3.05, 3.63) is 18.6 Å². The number of hydrogen-bond donors (Lipinski definition) is 1. The number of carboxylic acid groups (broad SMARTS) is 1. The van der Waals surface area contributed by atoms with Gasteiger partial charge >= 0.3 is 5.97 Å². The van der Waals surface area contributed by atoms with Crippen molar-refractivity contribution in [3.63, 3.8) is 0 Å². The van der Waals surface area contributed by atoms with E-state index in [1.54, 1.807) is 13.0 Å². The molecule has 2 heteroatoms. The molecule has 1 N–H and O–H groups in total. The Balaban J connectivity index is 3.58. The minimum absolute atomic E-state index is 0.424. The zero-order chi connectivity index (χ0) is 7.98. The second kappa shape index (κ2) is 5.03. The van der Waals surface area contributed by atoms with Crippen molar-refractivity contribution in [1.29, 1.82) is 0 Å². The Kier molecular flexibility index (Phi) is 4.63. The highest BCUT2D eigenvalue weighted by atomic mass is 16.4. The van der Waals surface area contributed by atoms with Crippen LogP contribution in [0, 0.1) is 6.92 Å². The van der Waals surface area contributed by atoms with Crippen molar-refractivity contribution in [3.8, 4) is 0 Å². The number of hydrogen-bond acceptors (Lipinski definition) is 1. The van der Waals surface area contributed by atoms with Crippen LogP contribution in [0.2, 0.25) is 0 Å². The summed E-state index contributed by atoms with van der Waals surface area (Å²) in [6, 6.07) is 0. The molecule has 0 bridgehead atoms. The van der Waals surface area contributed by atoms with Gasteiger partial charge in [-0.25, -0.2) is 4.79 Å². The summed E-state index contributed by atoms with van der Waals surface area (Å²) in [5.74, 6) is -0.830. The third kappa shape index (κ3) is 4.13. The topological polar surface area (TPSA) is 37.3 Å². The summed E-state index contributed by atoms with van der Waals surface area (Å²) in [5.41, 5.74) is 0.424. The molecule has 0 unspecified atom stereocenters. The van der Waals surface area contributed by atoms with Crippen LogP contribution in [0.15, 0.2) is 11.6 Å². The molecule has 57 valence electrons. The van der Waals surface area contributed by atoms with E-state index in [9.17, 15) is 4.79 Å². The van der Waals surface area contributed by atoms with Crippen molar-refractivity contribution in [2.24, 2.45) is 0 Å². The molecule has 0 aromatic heterocycles. The number of carboxylic acids is 1. The summed E-state index contributed by atoms with van der Waals surface area (Å²) in [6.45, 7) is 5.25. The molecule has 0 aromatic rings. The third-order valence-electron chi connectivity index (χ3n) is 1.24. The van der Waals surface area contributed by atoms with Crippen LogP contribution in [-0.4, -0.2) is 11.1 Å². The smallest absolute Gasteiger partial charge is 0.330 e. The Bertz CT molecular complexity index is 136. The van der Waals surface area contributed by atoms with Crippen LogP contribution >= 0.6 is 0 Å². The first-order valence-electron chi connectivity index (χ1n) is 3.37. The van der Waals surface area contributed by atoms with Crippen molar-refractivity contribution in [2.45, 2.75) is 26.2 Å². The molecule has 0 rings (SSSR count). The Hall–Kier alpha value is -0.790. The van der Waals surface area contributed by atoms with Gasteiger partial charge in [0.1, 0.15) is 0 Å². The SMILES string of the molecule is [CH2]CCCC=C(C)C(=O)O. The lowest BCUT2D eigenvalue weighted by atomic mass is 10.2. The van der Waals surface area contributed by atoms with Crippen LogP contribution < -0.4 is 0 Å². The Morgan fingerprint density at radius 3 is 2.70 bits per heavy atom. The van der Waals surface area contributed by atoms with Crippen LogP contribution in [0.25, 0.3) is 0 Å². The van der Waals surface area contributed by atoms with Gasteiger partial charge in [-0.15, -0.1) is 0 Å². The van der Waals surface area contributed by atoms with E-state index in [0.717, 1.165) is 19.3 Å². The van der Waals surface area contributed by atoms with E-state index in [1.165, 1.54) is 0 Å². The van der Waals surface area contributed by atoms with E-state index >= 15 is 0 Å². The first kappa shape index (κ1) is 9.21. The molecular formula is C8H13O2. The fourth-order valence-corrected chi connectivity index (χ4v) is 0.550. The summed E-state index contributed by atoms with van der Waals surface area (Å²) < 4.78 is 0. The average Bonchev–Trinajstić information content (AvgIpc) is 1.88. The van der Waals surface area contributed by atoms with Gasteiger partial charge in [0.05, 0.1) is 0 Å². The summed E-state index contributed by atoms with van der Waals surface area (Å²) >= 11 is 0. The molecule has 2 nitrogen and oxygen atoms in total. The minimum Gasteiger partial charge on any atom is -0.478 e. The zero-order valence-corrected chi connectivity index (χ0v) is 6.26. The summed E-state index contributed by atoms with van der Waals surface area (Å²) in [7, 11) is 0. The van der Waals surface area contributed by atoms with Crippen molar-refractivity contribution >= 4 is 5.97 Å². The van der Waals surface area contributed by atoms with Gasteiger partial charge in [0.15, 0.2) is 0 Å². The summed E-state index contributed by atoms with van der Waals surface area (Å²) in [4.78, 5) is 10.2. The van der Waals surface area contributed by atoms with Crippen LogP contribution in [0.3, 0.4) is 0 Å². The van der Waals surface area contributed by atoms with E-state index in [4.69, 9.17) is 5.11 Å². The van der Waals surface area contributed by atoms with Gasteiger partial charge in [-0.3, -0.25) is 0 Å². The number of carbonyl (C=O) groups is 1. The van der Waals surface area contributed by atoms with E-state index in [0.29, 0.717) is 5.57 Å². The molecule has 1 radical (unpaired) electrons. The number of rotatable bonds is 4. The molecule has 0 atom stereocenters. The first-order chi connectivity index (χ1) is 4.68. The molecule has 0 heterocycles. The van der Waals surface area contributed by atoms with Gasteiger partial charge in [0, 0.05) is 5.57 Å². The molecular weight excluding hydrogens is 128 g/mol. The normalized spacial score (nSPS) is 11.6. The fourth-order valence-electron chi connectivity index (χ4n) is 0.550. The molecule has 0 aliphatic rings. The van der Waals surface area contributed by atoms with Gasteiger partial charge in [0.2, 0.25) is 0 Å². The Morgan fingerprint density at radius 2 is 2.30 bits per heavy atom. The van der Waals surface area contributed by atoms with Gasteiger partial charge in [-0.2, -0.15) is 0 Å². The predicted octanol–water partition coefficient (Wildman–Crippen LogP) is 2.02. The third-order valence-corrected chi connectivity index (χ3v) is 1.24.